The molecule has 14 heavy (non-hydrogen) atoms. The van der Waals surface area contributed by atoms with Gasteiger partial charge in [0.1, 0.15) is 5.75 Å². The normalized spacial score (nSPS) is 10.6. The van der Waals surface area contributed by atoms with E-state index in [1.165, 1.54) is 18.2 Å². The van der Waals surface area contributed by atoms with Gasteiger partial charge in [-0.3, -0.25) is 0 Å². The molecule has 80 valence electrons. The molecule has 0 atom stereocenters. The molecule has 0 aliphatic rings. The number of aryl methyl sites for hydroxylation is 1. The fourth-order valence-corrected chi connectivity index (χ4v) is 0.845. The molecular formula is C8H9BrF3NO. The molecule has 0 spiro atoms. The summed E-state index contributed by atoms with van der Waals surface area (Å²) < 4.78 is 38.8. The third-order valence-corrected chi connectivity index (χ3v) is 1.47. The van der Waals surface area contributed by atoms with Gasteiger partial charge < -0.3 is 10.5 Å². The maximum atomic E-state index is 11.7. The smallest absolute Gasteiger partial charge is 0.406 e. The molecule has 0 amide bonds. The predicted molar refractivity (Wildman–Crippen MR) is 52.6 cm³/mol. The van der Waals surface area contributed by atoms with Crippen LogP contribution in [0, 0.1) is 6.92 Å². The van der Waals surface area contributed by atoms with Crippen LogP contribution in [-0.4, -0.2) is 6.36 Å². The topological polar surface area (TPSA) is 35.2 Å². The van der Waals surface area contributed by atoms with E-state index in [0.717, 1.165) is 0 Å². The van der Waals surface area contributed by atoms with Gasteiger partial charge in [-0.05, 0) is 30.7 Å². The van der Waals surface area contributed by atoms with Crippen LogP contribution in [-0.2, 0) is 0 Å². The molecule has 0 aromatic heterocycles. The molecule has 1 aromatic rings. The third kappa shape index (κ3) is 3.87. The molecule has 0 saturated heterocycles. The first kappa shape index (κ1) is 13.1. The number of alkyl halides is 3. The van der Waals surface area contributed by atoms with Crippen molar-refractivity contribution < 1.29 is 17.9 Å². The summed E-state index contributed by atoms with van der Waals surface area (Å²) in [5.74, 6) is -0.251. The Hall–Kier alpha value is -0.910. The van der Waals surface area contributed by atoms with Gasteiger partial charge in [-0.1, -0.05) is 0 Å². The summed E-state index contributed by atoms with van der Waals surface area (Å²) in [6.45, 7) is 1.61. The highest BCUT2D eigenvalue weighted by Crippen LogP contribution is 2.25. The second kappa shape index (κ2) is 4.54. The lowest BCUT2D eigenvalue weighted by atomic mass is 10.2. The SMILES string of the molecule is Br.Cc1cc(OC(F)(F)F)ccc1N. The van der Waals surface area contributed by atoms with Crippen LogP contribution in [0.25, 0.3) is 0 Å². The molecule has 1 aromatic carbocycles. The minimum absolute atomic E-state index is 0. The van der Waals surface area contributed by atoms with Crippen molar-refractivity contribution in [1.29, 1.82) is 0 Å². The van der Waals surface area contributed by atoms with Gasteiger partial charge in [0.15, 0.2) is 0 Å². The Morgan fingerprint density at radius 3 is 2.29 bits per heavy atom. The van der Waals surface area contributed by atoms with Crippen molar-refractivity contribution in [3.05, 3.63) is 23.8 Å². The van der Waals surface area contributed by atoms with Crippen molar-refractivity contribution in [3.8, 4) is 5.75 Å². The summed E-state index contributed by atoms with van der Waals surface area (Å²) in [7, 11) is 0. The Balaban J connectivity index is 0.00000169. The summed E-state index contributed by atoms with van der Waals surface area (Å²) in [6, 6.07) is 3.79. The quantitative estimate of drug-likeness (QED) is 0.797. The lowest BCUT2D eigenvalue weighted by Crippen LogP contribution is -2.17. The minimum Gasteiger partial charge on any atom is -0.406 e. The van der Waals surface area contributed by atoms with Gasteiger partial charge in [0.05, 0.1) is 0 Å². The van der Waals surface area contributed by atoms with E-state index >= 15 is 0 Å². The zero-order chi connectivity index (χ0) is 10.1. The van der Waals surface area contributed by atoms with Gasteiger partial charge in [-0.15, -0.1) is 30.2 Å². The zero-order valence-electron chi connectivity index (χ0n) is 7.26. The van der Waals surface area contributed by atoms with Gasteiger partial charge in [0, 0.05) is 5.69 Å². The Bertz CT molecular complexity index is 314. The standard InChI is InChI=1S/C8H8F3NO.BrH/c1-5-4-6(2-3-7(5)12)13-8(9,10)11;/h2-4H,12H2,1H3;1H. The van der Waals surface area contributed by atoms with Gasteiger partial charge in [-0.2, -0.15) is 0 Å². The highest BCUT2D eigenvalue weighted by atomic mass is 79.9. The van der Waals surface area contributed by atoms with Crippen molar-refractivity contribution in [3.63, 3.8) is 0 Å². The van der Waals surface area contributed by atoms with Crippen LogP contribution < -0.4 is 10.5 Å². The first-order valence-corrected chi connectivity index (χ1v) is 3.50. The van der Waals surface area contributed by atoms with E-state index in [1.807, 2.05) is 0 Å². The van der Waals surface area contributed by atoms with E-state index in [1.54, 1.807) is 6.92 Å². The Morgan fingerprint density at radius 2 is 1.86 bits per heavy atom. The first-order chi connectivity index (χ1) is 5.88. The summed E-state index contributed by atoms with van der Waals surface area (Å²) in [5, 5.41) is 0. The van der Waals surface area contributed by atoms with Crippen molar-refractivity contribution in [2.24, 2.45) is 0 Å². The lowest BCUT2D eigenvalue weighted by molar-refractivity contribution is -0.274. The molecule has 0 saturated carbocycles. The number of rotatable bonds is 1. The molecular weight excluding hydrogens is 263 g/mol. The monoisotopic (exact) mass is 271 g/mol. The van der Waals surface area contributed by atoms with E-state index in [9.17, 15) is 13.2 Å². The number of benzene rings is 1. The molecule has 0 fully saturated rings. The maximum absolute atomic E-state index is 11.7. The van der Waals surface area contributed by atoms with Gasteiger partial charge in [-0.25, -0.2) is 0 Å². The minimum atomic E-state index is -4.65. The fraction of sp³-hybridized carbons (Fsp3) is 0.250. The molecule has 2 N–H and O–H groups in total. The second-order valence-electron chi connectivity index (χ2n) is 2.57. The van der Waals surface area contributed by atoms with Crippen LogP contribution in [0.2, 0.25) is 0 Å². The Morgan fingerprint density at radius 1 is 1.29 bits per heavy atom. The molecule has 0 unspecified atom stereocenters. The average molecular weight is 272 g/mol. The van der Waals surface area contributed by atoms with Crippen LogP contribution in [0.15, 0.2) is 18.2 Å². The predicted octanol–water partition coefficient (Wildman–Crippen LogP) is 3.05. The van der Waals surface area contributed by atoms with Gasteiger partial charge in [0.25, 0.3) is 0 Å². The molecule has 6 heteroatoms. The zero-order valence-corrected chi connectivity index (χ0v) is 8.97. The molecule has 0 aliphatic heterocycles. The largest absolute Gasteiger partial charge is 0.573 e. The second-order valence-corrected chi connectivity index (χ2v) is 2.57. The van der Waals surface area contributed by atoms with Crippen LogP contribution in [0.5, 0.6) is 5.75 Å². The average Bonchev–Trinajstić information content (AvgIpc) is 1.94. The van der Waals surface area contributed by atoms with Gasteiger partial charge >= 0.3 is 6.36 Å². The van der Waals surface area contributed by atoms with Crippen LogP contribution in [0.1, 0.15) is 5.56 Å². The summed E-state index contributed by atoms with van der Waals surface area (Å²) >= 11 is 0. The summed E-state index contributed by atoms with van der Waals surface area (Å²) in [5.41, 5.74) is 6.41. The van der Waals surface area contributed by atoms with Crippen LogP contribution in [0.4, 0.5) is 18.9 Å². The van der Waals surface area contributed by atoms with Gasteiger partial charge in [0.2, 0.25) is 0 Å². The molecule has 0 radical (unpaired) electrons. The summed E-state index contributed by atoms with van der Waals surface area (Å²) in [6.07, 6.45) is -4.65. The first-order valence-electron chi connectivity index (χ1n) is 3.50. The number of ether oxygens (including phenoxy) is 1. The van der Waals surface area contributed by atoms with E-state index in [0.29, 0.717) is 11.3 Å². The highest BCUT2D eigenvalue weighted by molar-refractivity contribution is 8.93. The number of nitrogens with two attached hydrogens (primary N) is 1. The van der Waals surface area contributed by atoms with Crippen molar-refractivity contribution >= 4 is 22.7 Å². The van der Waals surface area contributed by atoms with Crippen LogP contribution >= 0.6 is 17.0 Å². The van der Waals surface area contributed by atoms with Crippen molar-refractivity contribution in [2.75, 3.05) is 5.73 Å². The molecule has 2 nitrogen and oxygen atoms in total. The number of nitrogen functional groups attached to an aromatic ring is 1. The van der Waals surface area contributed by atoms with E-state index in [-0.39, 0.29) is 22.7 Å². The van der Waals surface area contributed by atoms with Crippen LogP contribution in [0.3, 0.4) is 0 Å². The molecule has 0 aliphatic carbocycles. The van der Waals surface area contributed by atoms with Crippen molar-refractivity contribution in [1.82, 2.24) is 0 Å². The maximum Gasteiger partial charge on any atom is 0.573 e. The Kier molecular flexibility index (Phi) is 4.25. The number of hydrogen-bond acceptors (Lipinski definition) is 2. The van der Waals surface area contributed by atoms with Crippen molar-refractivity contribution in [2.45, 2.75) is 13.3 Å². The fourth-order valence-electron chi connectivity index (χ4n) is 0.845. The summed E-state index contributed by atoms with van der Waals surface area (Å²) in [4.78, 5) is 0. The Labute approximate surface area is 89.6 Å². The number of anilines is 1. The number of halogens is 4. The highest BCUT2D eigenvalue weighted by Gasteiger charge is 2.31. The third-order valence-electron chi connectivity index (χ3n) is 1.47. The molecule has 1 rings (SSSR count). The lowest BCUT2D eigenvalue weighted by Gasteiger charge is -2.09. The van der Waals surface area contributed by atoms with E-state index in [4.69, 9.17) is 5.73 Å². The van der Waals surface area contributed by atoms with E-state index in [2.05, 4.69) is 4.74 Å². The van der Waals surface area contributed by atoms with E-state index < -0.39 is 6.36 Å². The molecule has 0 bridgehead atoms. The molecule has 0 heterocycles. The number of hydrogen-bond donors (Lipinski definition) is 1.